The van der Waals surface area contributed by atoms with E-state index in [1.807, 2.05) is 0 Å². The molecule has 7 heteroatoms. The molecule has 5 nitrogen and oxygen atoms in total. The van der Waals surface area contributed by atoms with Crippen LogP contribution in [-0.2, 0) is 11.3 Å². The lowest BCUT2D eigenvalue weighted by atomic mass is 10.1. The van der Waals surface area contributed by atoms with Crippen LogP contribution in [0.2, 0.25) is 0 Å². The van der Waals surface area contributed by atoms with Crippen LogP contribution in [0.15, 0.2) is 22.7 Å². The van der Waals surface area contributed by atoms with Gasteiger partial charge in [-0.1, -0.05) is 29.8 Å². The summed E-state index contributed by atoms with van der Waals surface area (Å²) in [5.74, 6) is -1.79. The molecule has 0 aliphatic carbocycles. The molecule has 0 aromatic heterocycles. The highest BCUT2D eigenvalue weighted by molar-refractivity contribution is 9.10. The van der Waals surface area contributed by atoms with E-state index in [4.69, 9.17) is 5.11 Å². The summed E-state index contributed by atoms with van der Waals surface area (Å²) in [5.41, 5.74) is 0.311. The second-order valence-corrected chi connectivity index (χ2v) is 5.54. The monoisotopic (exact) mass is 346 g/mol. The molecule has 1 aromatic rings. The number of urea groups is 1. The van der Waals surface area contributed by atoms with Crippen molar-refractivity contribution in [3.05, 3.63) is 34.1 Å². The molecule has 0 aliphatic heterocycles. The van der Waals surface area contributed by atoms with Gasteiger partial charge in [-0.2, -0.15) is 0 Å². The Bertz CT molecular complexity index is 508. The molecule has 1 unspecified atom stereocenters. The van der Waals surface area contributed by atoms with Gasteiger partial charge in [-0.25, -0.2) is 14.0 Å². The summed E-state index contributed by atoms with van der Waals surface area (Å²) < 4.78 is 14.1. The van der Waals surface area contributed by atoms with Crippen molar-refractivity contribution in [2.45, 2.75) is 26.4 Å². The molecule has 3 N–H and O–H groups in total. The molecule has 0 bridgehead atoms. The lowest BCUT2D eigenvalue weighted by Crippen LogP contribution is -2.48. The predicted molar refractivity (Wildman–Crippen MR) is 75.7 cm³/mol. The number of benzene rings is 1. The van der Waals surface area contributed by atoms with Crippen LogP contribution in [0.4, 0.5) is 9.18 Å². The highest BCUT2D eigenvalue weighted by atomic mass is 79.9. The van der Waals surface area contributed by atoms with Gasteiger partial charge in [0, 0.05) is 16.6 Å². The number of carboxylic acid groups (broad SMARTS) is 1. The number of hydrogen-bond donors (Lipinski definition) is 3. The fourth-order valence-corrected chi connectivity index (χ4v) is 1.97. The maximum atomic E-state index is 13.5. The maximum absolute atomic E-state index is 13.5. The molecule has 110 valence electrons. The molecule has 0 saturated carbocycles. The van der Waals surface area contributed by atoms with Gasteiger partial charge in [0.2, 0.25) is 0 Å². The first kappa shape index (κ1) is 16.4. The number of halogens is 2. The summed E-state index contributed by atoms with van der Waals surface area (Å²) in [5, 5.41) is 13.7. The van der Waals surface area contributed by atoms with Crippen molar-refractivity contribution >= 4 is 27.9 Å². The Morgan fingerprint density at radius 2 is 2.05 bits per heavy atom. The molecule has 0 radical (unpaired) electrons. The molecule has 20 heavy (non-hydrogen) atoms. The molecule has 2 amide bonds. The Kier molecular flexibility index (Phi) is 5.94. The molecule has 0 fully saturated rings. The van der Waals surface area contributed by atoms with E-state index in [1.54, 1.807) is 26.0 Å². The van der Waals surface area contributed by atoms with Crippen LogP contribution < -0.4 is 10.6 Å². The van der Waals surface area contributed by atoms with Crippen LogP contribution in [0.25, 0.3) is 0 Å². The van der Waals surface area contributed by atoms with E-state index in [9.17, 15) is 14.0 Å². The van der Waals surface area contributed by atoms with Crippen LogP contribution in [0.3, 0.4) is 0 Å². The molecule has 1 atom stereocenters. The fourth-order valence-electron chi connectivity index (χ4n) is 1.56. The molecule has 0 aliphatic rings. The van der Waals surface area contributed by atoms with Gasteiger partial charge in [-0.3, -0.25) is 0 Å². The predicted octanol–water partition coefficient (Wildman–Crippen LogP) is 2.50. The maximum Gasteiger partial charge on any atom is 0.326 e. The average Bonchev–Trinajstić information content (AvgIpc) is 2.36. The van der Waals surface area contributed by atoms with E-state index in [2.05, 4.69) is 26.6 Å². The smallest absolute Gasteiger partial charge is 0.326 e. The first-order valence-electron chi connectivity index (χ1n) is 6.02. The Hall–Kier alpha value is -1.63. The van der Waals surface area contributed by atoms with Crippen LogP contribution in [-0.4, -0.2) is 23.1 Å². The van der Waals surface area contributed by atoms with Crippen molar-refractivity contribution in [3.8, 4) is 0 Å². The summed E-state index contributed by atoms with van der Waals surface area (Å²) in [6.07, 6.45) is 0. The van der Waals surface area contributed by atoms with E-state index < -0.39 is 23.9 Å². The van der Waals surface area contributed by atoms with Gasteiger partial charge in [0.05, 0.1) is 0 Å². The summed E-state index contributed by atoms with van der Waals surface area (Å²) in [6.45, 7) is 3.35. The molecule has 0 heterocycles. The van der Waals surface area contributed by atoms with Gasteiger partial charge in [-0.15, -0.1) is 0 Å². The quantitative estimate of drug-likeness (QED) is 0.766. The number of carbonyl (C=O) groups is 2. The van der Waals surface area contributed by atoms with Gasteiger partial charge >= 0.3 is 12.0 Å². The van der Waals surface area contributed by atoms with Crippen LogP contribution >= 0.6 is 15.9 Å². The fraction of sp³-hybridized carbons (Fsp3) is 0.385. The van der Waals surface area contributed by atoms with E-state index in [0.29, 0.717) is 10.0 Å². The van der Waals surface area contributed by atoms with Gasteiger partial charge in [-0.05, 0) is 24.1 Å². The highest BCUT2D eigenvalue weighted by Crippen LogP contribution is 2.15. The van der Waals surface area contributed by atoms with Crippen molar-refractivity contribution in [2.75, 3.05) is 0 Å². The summed E-state index contributed by atoms with van der Waals surface area (Å²) in [4.78, 5) is 22.6. The minimum atomic E-state index is -1.11. The molecule has 1 aromatic carbocycles. The number of carboxylic acids is 1. The molecule has 0 saturated heterocycles. The standard InChI is InChI=1S/C13H16BrFN2O3/c1-7(2)11(12(18)19)17-13(20)16-6-8-5-9(14)3-4-10(8)15/h3-5,7,11H,6H2,1-2H3,(H,18,19)(H2,16,17,20). The van der Waals surface area contributed by atoms with E-state index in [1.165, 1.54) is 6.07 Å². The van der Waals surface area contributed by atoms with Crippen LogP contribution in [0, 0.1) is 11.7 Å². The second-order valence-electron chi connectivity index (χ2n) is 4.62. The molecule has 0 spiro atoms. The van der Waals surface area contributed by atoms with E-state index in [0.717, 1.165) is 0 Å². The summed E-state index contributed by atoms with van der Waals surface area (Å²) in [6, 6.07) is 2.76. The zero-order valence-electron chi connectivity index (χ0n) is 11.1. The number of hydrogen-bond acceptors (Lipinski definition) is 2. The van der Waals surface area contributed by atoms with Crippen LogP contribution in [0.5, 0.6) is 0 Å². The molecule has 1 rings (SSSR count). The van der Waals surface area contributed by atoms with Crippen molar-refractivity contribution in [2.24, 2.45) is 5.92 Å². The topological polar surface area (TPSA) is 78.4 Å². The Balaban J connectivity index is 2.59. The zero-order chi connectivity index (χ0) is 15.3. The minimum absolute atomic E-state index is 0.0262. The second kappa shape index (κ2) is 7.23. The zero-order valence-corrected chi connectivity index (χ0v) is 12.7. The lowest BCUT2D eigenvalue weighted by Gasteiger charge is -2.18. The highest BCUT2D eigenvalue weighted by Gasteiger charge is 2.23. The molecular weight excluding hydrogens is 331 g/mol. The number of carbonyl (C=O) groups excluding carboxylic acids is 1. The first-order chi connectivity index (χ1) is 9.31. The largest absolute Gasteiger partial charge is 0.480 e. The Labute approximate surface area is 124 Å². The van der Waals surface area contributed by atoms with Crippen molar-refractivity contribution in [3.63, 3.8) is 0 Å². The van der Waals surface area contributed by atoms with Gasteiger partial charge in [0.15, 0.2) is 0 Å². The van der Waals surface area contributed by atoms with E-state index in [-0.39, 0.29) is 12.5 Å². The Morgan fingerprint density at radius 1 is 1.40 bits per heavy atom. The van der Waals surface area contributed by atoms with Gasteiger partial charge < -0.3 is 15.7 Å². The number of aliphatic carboxylic acids is 1. The lowest BCUT2D eigenvalue weighted by molar-refractivity contribution is -0.140. The normalized spacial score (nSPS) is 12.1. The third-order valence-electron chi connectivity index (χ3n) is 2.67. The minimum Gasteiger partial charge on any atom is -0.480 e. The van der Waals surface area contributed by atoms with Crippen molar-refractivity contribution in [1.29, 1.82) is 0 Å². The SMILES string of the molecule is CC(C)C(NC(=O)NCc1cc(Br)ccc1F)C(=O)O. The van der Waals surface area contributed by atoms with Crippen molar-refractivity contribution < 1.29 is 19.1 Å². The van der Waals surface area contributed by atoms with Crippen LogP contribution in [0.1, 0.15) is 19.4 Å². The summed E-state index contributed by atoms with van der Waals surface area (Å²) in [7, 11) is 0. The van der Waals surface area contributed by atoms with Gasteiger partial charge in [0.25, 0.3) is 0 Å². The van der Waals surface area contributed by atoms with Crippen molar-refractivity contribution in [1.82, 2.24) is 10.6 Å². The number of rotatable bonds is 5. The first-order valence-corrected chi connectivity index (χ1v) is 6.81. The van der Waals surface area contributed by atoms with Gasteiger partial charge in [0.1, 0.15) is 11.9 Å². The third-order valence-corrected chi connectivity index (χ3v) is 3.16. The number of amides is 2. The third kappa shape index (κ3) is 4.80. The average molecular weight is 347 g/mol. The molecular formula is C13H16BrFN2O3. The van der Waals surface area contributed by atoms with E-state index >= 15 is 0 Å². The number of nitrogens with one attached hydrogen (secondary N) is 2. The Morgan fingerprint density at radius 3 is 2.60 bits per heavy atom. The summed E-state index contributed by atoms with van der Waals surface area (Å²) >= 11 is 3.21.